The van der Waals surface area contributed by atoms with E-state index in [1.165, 1.54) is 24.3 Å². The Hall–Kier alpha value is -3.36. The second-order valence-electron chi connectivity index (χ2n) is 8.05. The molecule has 1 fully saturated rings. The van der Waals surface area contributed by atoms with Crippen LogP contribution in [0, 0.1) is 6.92 Å². The summed E-state index contributed by atoms with van der Waals surface area (Å²) in [6, 6.07) is 19.6. The normalized spacial score (nSPS) is 13.7. The van der Waals surface area contributed by atoms with Gasteiger partial charge in [0.1, 0.15) is 6.54 Å². The lowest BCUT2D eigenvalue weighted by molar-refractivity contribution is -0.117. The maximum atomic E-state index is 13.4. The fourth-order valence-electron chi connectivity index (χ4n) is 3.74. The third kappa shape index (κ3) is 5.24. The number of nitrogens with one attached hydrogen (secondary N) is 1. The van der Waals surface area contributed by atoms with Crippen LogP contribution in [0.1, 0.15) is 18.4 Å². The first-order chi connectivity index (χ1) is 16.2. The van der Waals surface area contributed by atoms with Gasteiger partial charge in [-0.2, -0.15) is 0 Å². The van der Waals surface area contributed by atoms with Gasteiger partial charge in [0.05, 0.1) is 10.6 Å². The van der Waals surface area contributed by atoms with Gasteiger partial charge < -0.3 is 10.2 Å². The summed E-state index contributed by atoms with van der Waals surface area (Å²) in [7, 11) is -4.03. The van der Waals surface area contributed by atoms with Gasteiger partial charge in [0.25, 0.3) is 10.0 Å². The molecule has 0 radical (unpaired) electrons. The lowest BCUT2D eigenvalue weighted by Gasteiger charge is -2.24. The van der Waals surface area contributed by atoms with Crippen molar-refractivity contribution in [2.45, 2.75) is 24.7 Å². The number of sulfonamides is 1. The molecule has 9 heteroatoms. The summed E-state index contributed by atoms with van der Waals surface area (Å²) in [4.78, 5) is 26.6. The first-order valence-electron chi connectivity index (χ1n) is 10.8. The Labute approximate surface area is 204 Å². The van der Waals surface area contributed by atoms with Crippen LogP contribution in [0.4, 0.5) is 17.1 Å². The fourth-order valence-corrected chi connectivity index (χ4v) is 5.28. The van der Waals surface area contributed by atoms with Gasteiger partial charge in [0.2, 0.25) is 11.8 Å². The molecule has 1 aliphatic heterocycles. The van der Waals surface area contributed by atoms with Gasteiger partial charge in [-0.1, -0.05) is 29.3 Å². The maximum Gasteiger partial charge on any atom is 0.264 e. The Morgan fingerprint density at radius 2 is 1.65 bits per heavy atom. The number of benzene rings is 3. The van der Waals surface area contributed by atoms with Crippen LogP contribution < -0.4 is 14.5 Å². The Bertz CT molecular complexity index is 1290. The highest BCUT2D eigenvalue weighted by Crippen LogP contribution is 2.26. The van der Waals surface area contributed by atoms with E-state index >= 15 is 0 Å². The van der Waals surface area contributed by atoms with Crippen LogP contribution >= 0.6 is 11.6 Å². The molecule has 0 aliphatic carbocycles. The highest BCUT2D eigenvalue weighted by Gasteiger charge is 2.27. The number of amides is 2. The lowest BCUT2D eigenvalue weighted by Crippen LogP contribution is -2.38. The molecule has 0 unspecified atom stereocenters. The van der Waals surface area contributed by atoms with Crippen molar-refractivity contribution in [1.29, 1.82) is 0 Å². The number of rotatable bonds is 7. The molecule has 3 aromatic carbocycles. The Balaban J connectivity index is 1.55. The summed E-state index contributed by atoms with van der Waals surface area (Å²) >= 11 is 5.92. The highest BCUT2D eigenvalue weighted by atomic mass is 35.5. The number of hydrogen-bond donors (Lipinski definition) is 1. The molecule has 4 rings (SSSR count). The molecular formula is C25H24ClN3O4S. The molecule has 34 heavy (non-hydrogen) atoms. The summed E-state index contributed by atoms with van der Waals surface area (Å²) in [5, 5.41) is 3.16. The number of anilines is 3. The molecule has 0 bridgehead atoms. The molecular weight excluding hydrogens is 474 g/mol. The summed E-state index contributed by atoms with van der Waals surface area (Å²) < 4.78 is 27.9. The third-order valence-electron chi connectivity index (χ3n) is 5.55. The van der Waals surface area contributed by atoms with Crippen LogP contribution in [-0.2, 0) is 19.6 Å². The molecule has 0 saturated carbocycles. The molecule has 176 valence electrons. The molecule has 3 aromatic rings. The Kier molecular flexibility index (Phi) is 6.90. The molecule has 1 heterocycles. The third-order valence-corrected chi connectivity index (χ3v) is 7.59. The fraction of sp³-hybridized carbons (Fsp3) is 0.200. The van der Waals surface area contributed by atoms with Crippen molar-refractivity contribution >= 4 is 50.5 Å². The van der Waals surface area contributed by atoms with Crippen molar-refractivity contribution in [2.24, 2.45) is 0 Å². The zero-order valence-electron chi connectivity index (χ0n) is 18.6. The van der Waals surface area contributed by atoms with E-state index in [-0.39, 0.29) is 10.8 Å². The van der Waals surface area contributed by atoms with Crippen LogP contribution in [0.15, 0.2) is 77.7 Å². The summed E-state index contributed by atoms with van der Waals surface area (Å²) in [6.07, 6.45) is 1.36. The van der Waals surface area contributed by atoms with Gasteiger partial charge in [0.15, 0.2) is 0 Å². The van der Waals surface area contributed by atoms with Gasteiger partial charge in [0, 0.05) is 29.4 Å². The number of nitrogens with zero attached hydrogens (tertiary/aromatic N) is 2. The summed E-state index contributed by atoms with van der Waals surface area (Å²) in [6.45, 7) is 2.16. The standard InChI is InChI=1S/C25H24ClN3O4S/c1-18-4-10-22(11-5-18)29(34(32,33)23-14-6-19(26)7-15-23)17-24(30)27-20-8-12-21(13-9-20)28-16-2-3-25(28)31/h4-15H,2-3,16-17H2,1H3,(H,27,30). The minimum Gasteiger partial charge on any atom is -0.325 e. The van der Waals surface area contributed by atoms with Crippen molar-refractivity contribution in [3.63, 3.8) is 0 Å². The smallest absolute Gasteiger partial charge is 0.264 e. The van der Waals surface area contributed by atoms with Crippen LogP contribution in [0.25, 0.3) is 0 Å². The molecule has 7 nitrogen and oxygen atoms in total. The van der Waals surface area contributed by atoms with Crippen LogP contribution in [0.3, 0.4) is 0 Å². The maximum absolute atomic E-state index is 13.4. The van der Waals surface area contributed by atoms with Crippen molar-refractivity contribution in [3.05, 3.63) is 83.4 Å². The number of carbonyl (C=O) groups excluding carboxylic acids is 2. The van der Waals surface area contributed by atoms with Crippen LogP contribution in [-0.4, -0.2) is 33.3 Å². The summed E-state index contributed by atoms with van der Waals surface area (Å²) in [5.74, 6) is -0.416. The summed E-state index contributed by atoms with van der Waals surface area (Å²) in [5.41, 5.74) is 2.62. The predicted octanol–water partition coefficient (Wildman–Crippen LogP) is 4.61. The first-order valence-corrected chi connectivity index (χ1v) is 12.6. The lowest BCUT2D eigenvalue weighted by atomic mass is 10.2. The molecule has 2 amide bonds. The van der Waals surface area contributed by atoms with E-state index < -0.39 is 22.5 Å². The quantitative estimate of drug-likeness (QED) is 0.516. The molecule has 1 N–H and O–H groups in total. The molecule has 0 spiro atoms. The van der Waals surface area contributed by atoms with E-state index in [9.17, 15) is 18.0 Å². The van der Waals surface area contributed by atoms with Gasteiger partial charge >= 0.3 is 0 Å². The molecule has 1 saturated heterocycles. The van der Waals surface area contributed by atoms with E-state index in [0.29, 0.717) is 29.4 Å². The number of hydrogen-bond acceptors (Lipinski definition) is 4. The second kappa shape index (κ2) is 9.87. The average Bonchev–Trinajstić information content (AvgIpc) is 3.25. The molecule has 1 aliphatic rings. The van der Waals surface area contributed by atoms with E-state index in [0.717, 1.165) is 22.0 Å². The monoisotopic (exact) mass is 497 g/mol. The predicted molar refractivity (Wildman–Crippen MR) is 134 cm³/mol. The van der Waals surface area contributed by atoms with E-state index in [1.807, 2.05) is 6.92 Å². The van der Waals surface area contributed by atoms with E-state index in [2.05, 4.69) is 5.32 Å². The van der Waals surface area contributed by atoms with Crippen LogP contribution in [0.5, 0.6) is 0 Å². The minimum atomic E-state index is -4.03. The SMILES string of the molecule is Cc1ccc(N(CC(=O)Nc2ccc(N3CCCC3=O)cc2)S(=O)(=O)c2ccc(Cl)cc2)cc1. The average molecular weight is 498 g/mol. The van der Waals surface area contributed by atoms with Gasteiger partial charge in [-0.05, 0) is 74.0 Å². The Morgan fingerprint density at radius 1 is 1.00 bits per heavy atom. The highest BCUT2D eigenvalue weighted by molar-refractivity contribution is 7.92. The molecule has 0 aromatic heterocycles. The van der Waals surface area contributed by atoms with Crippen molar-refractivity contribution < 1.29 is 18.0 Å². The number of halogens is 1. The topological polar surface area (TPSA) is 86.8 Å². The van der Waals surface area contributed by atoms with E-state index in [4.69, 9.17) is 11.6 Å². The van der Waals surface area contributed by atoms with E-state index in [1.54, 1.807) is 53.4 Å². The minimum absolute atomic E-state index is 0.0323. The van der Waals surface area contributed by atoms with Crippen LogP contribution in [0.2, 0.25) is 5.02 Å². The van der Waals surface area contributed by atoms with Gasteiger partial charge in [-0.15, -0.1) is 0 Å². The van der Waals surface area contributed by atoms with Crippen molar-refractivity contribution in [2.75, 3.05) is 27.6 Å². The zero-order chi connectivity index (χ0) is 24.3. The van der Waals surface area contributed by atoms with Gasteiger partial charge in [-0.3, -0.25) is 13.9 Å². The second-order valence-corrected chi connectivity index (χ2v) is 10.3. The first kappa shape index (κ1) is 23.8. The largest absolute Gasteiger partial charge is 0.325 e. The number of aryl methyl sites for hydroxylation is 1. The Morgan fingerprint density at radius 3 is 2.24 bits per heavy atom. The van der Waals surface area contributed by atoms with Gasteiger partial charge in [-0.25, -0.2) is 8.42 Å². The number of carbonyl (C=O) groups is 2. The zero-order valence-corrected chi connectivity index (χ0v) is 20.1. The van der Waals surface area contributed by atoms with Crippen molar-refractivity contribution in [1.82, 2.24) is 0 Å². The molecule has 0 atom stereocenters. The van der Waals surface area contributed by atoms with Crippen molar-refractivity contribution in [3.8, 4) is 0 Å².